The highest BCUT2D eigenvalue weighted by Gasteiger charge is 2.07. The van der Waals surface area contributed by atoms with Gasteiger partial charge in [-0.25, -0.2) is 9.78 Å². The Morgan fingerprint density at radius 2 is 2.36 bits per heavy atom. The van der Waals surface area contributed by atoms with Crippen molar-refractivity contribution in [3.05, 3.63) is 27.8 Å². The van der Waals surface area contributed by atoms with Crippen LogP contribution in [0.3, 0.4) is 0 Å². The van der Waals surface area contributed by atoms with E-state index in [9.17, 15) is 4.79 Å². The third-order valence-corrected chi connectivity index (χ3v) is 2.64. The van der Waals surface area contributed by atoms with Crippen molar-refractivity contribution in [3.8, 4) is 10.6 Å². The maximum absolute atomic E-state index is 10.8. The van der Waals surface area contributed by atoms with E-state index >= 15 is 0 Å². The van der Waals surface area contributed by atoms with E-state index < -0.39 is 5.69 Å². The number of aryl methyl sites for hydroxylation is 1. The average Bonchev–Trinajstić information content (AvgIpc) is 2.51. The van der Waals surface area contributed by atoms with Gasteiger partial charge in [0.2, 0.25) is 0 Å². The summed E-state index contributed by atoms with van der Waals surface area (Å²) in [5.41, 5.74) is 5.82. The molecular formula is C8H8N4OS. The van der Waals surface area contributed by atoms with Gasteiger partial charge < -0.3 is 10.7 Å². The van der Waals surface area contributed by atoms with Gasteiger partial charge in [0.25, 0.3) is 0 Å². The first-order chi connectivity index (χ1) is 6.66. The lowest BCUT2D eigenvalue weighted by molar-refractivity contribution is 1.08. The number of rotatable bonds is 1. The number of nitrogens with zero attached hydrogens (tertiary/aromatic N) is 2. The van der Waals surface area contributed by atoms with Gasteiger partial charge in [-0.3, -0.25) is 0 Å². The number of thiazole rings is 1. The molecule has 0 aliphatic rings. The SMILES string of the molecule is Cc1cnc(-c2c[nH]c(=O)nc2N)s1. The molecule has 3 N–H and O–H groups in total. The highest BCUT2D eigenvalue weighted by Crippen LogP contribution is 2.26. The van der Waals surface area contributed by atoms with Gasteiger partial charge in [-0.2, -0.15) is 4.98 Å². The lowest BCUT2D eigenvalue weighted by atomic mass is 10.3. The fraction of sp³-hybridized carbons (Fsp3) is 0.125. The van der Waals surface area contributed by atoms with E-state index in [1.165, 1.54) is 17.5 Å². The fourth-order valence-corrected chi connectivity index (χ4v) is 1.85. The summed E-state index contributed by atoms with van der Waals surface area (Å²) in [6.07, 6.45) is 3.29. The molecule has 0 saturated heterocycles. The Labute approximate surface area is 83.7 Å². The number of aromatic amines is 1. The third kappa shape index (κ3) is 1.51. The van der Waals surface area contributed by atoms with Gasteiger partial charge in [0.05, 0.1) is 5.56 Å². The van der Waals surface area contributed by atoms with Crippen molar-refractivity contribution in [2.24, 2.45) is 0 Å². The molecule has 0 amide bonds. The number of aromatic nitrogens is 3. The van der Waals surface area contributed by atoms with Gasteiger partial charge in [0.1, 0.15) is 10.8 Å². The maximum atomic E-state index is 10.8. The Hall–Kier alpha value is -1.69. The highest BCUT2D eigenvalue weighted by molar-refractivity contribution is 7.15. The van der Waals surface area contributed by atoms with Crippen LogP contribution in [0.2, 0.25) is 0 Å². The van der Waals surface area contributed by atoms with Crippen LogP contribution in [0.25, 0.3) is 10.6 Å². The summed E-state index contributed by atoms with van der Waals surface area (Å²) >= 11 is 1.51. The minimum absolute atomic E-state index is 0.211. The van der Waals surface area contributed by atoms with E-state index in [2.05, 4.69) is 15.0 Å². The molecule has 0 aromatic carbocycles. The van der Waals surface area contributed by atoms with Crippen LogP contribution in [0.1, 0.15) is 4.88 Å². The van der Waals surface area contributed by atoms with Crippen molar-refractivity contribution >= 4 is 17.2 Å². The first-order valence-electron chi connectivity index (χ1n) is 3.95. The lowest BCUT2D eigenvalue weighted by Gasteiger charge is -1.97. The molecule has 2 aromatic rings. The number of nitrogens with one attached hydrogen (secondary N) is 1. The van der Waals surface area contributed by atoms with Crippen molar-refractivity contribution in [2.45, 2.75) is 6.92 Å². The molecule has 6 heteroatoms. The Bertz CT molecular complexity index is 516. The third-order valence-electron chi connectivity index (χ3n) is 1.69. The fourth-order valence-electron chi connectivity index (χ4n) is 1.06. The molecule has 2 aromatic heterocycles. The van der Waals surface area contributed by atoms with E-state index in [4.69, 9.17) is 5.73 Å². The van der Waals surface area contributed by atoms with Gasteiger partial charge in [-0.1, -0.05) is 0 Å². The maximum Gasteiger partial charge on any atom is 0.346 e. The van der Waals surface area contributed by atoms with Crippen LogP contribution in [0.5, 0.6) is 0 Å². The smallest absolute Gasteiger partial charge is 0.346 e. The first kappa shape index (κ1) is 8.89. The monoisotopic (exact) mass is 208 g/mol. The second kappa shape index (κ2) is 3.22. The summed E-state index contributed by atoms with van der Waals surface area (Å²) in [7, 11) is 0. The standard InChI is InChI=1S/C8H8N4OS/c1-4-2-10-7(14-4)5-3-11-8(13)12-6(5)9/h2-3H,1H3,(H3,9,11,12,13). The average molecular weight is 208 g/mol. The molecule has 0 fully saturated rings. The normalized spacial score (nSPS) is 10.4. The van der Waals surface area contributed by atoms with Crippen LogP contribution < -0.4 is 11.4 Å². The molecule has 0 aliphatic carbocycles. The molecule has 0 saturated carbocycles. The van der Waals surface area contributed by atoms with Gasteiger partial charge in [-0.15, -0.1) is 11.3 Å². The Morgan fingerprint density at radius 1 is 1.57 bits per heavy atom. The second-order valence-electron chi connectivity index (χ2n) is 2.78. The molecule has 2 heterocycles. The summed E-state index contributed by atoms with van der Waals surface area (Å²) < 4.78 is 0. The molecule has 0 spiro atoms. The van der Waals surface area contributed by atoms with Crippen LogP contribution in [0.4, 0.5) is 5.82 Å². The molecule has 5 nitrogen and oxygen atoms in total. The predicted molar refractivity (Wildman–Crippen MR) is 55.1 cm³/mol. The zero-order valence-electron chi connectivity index (χ0n) is 7.44. The number of nitrogens with two attached hydrogens (primary N) is 1. The number of H-pyrrole nitrogens is 1. The van der Waals surface area contributed by atoms with Gasteiger partial charge >= 0.3 is 5.69 Å². The molecule has 72 valence electrons. The van der Waals surface area contributed by atoms with Gasteiger partial charge in [0.15, 0.2) is 0 Å². The van der Waals surface area contributed by atoms with Crippen molar-refractivity contribution in [2.75, 3.05) is 5.73 Å². The van der Waals surface area contributed by atoms with Crippen molar-refractivity contribution in [1.82, 2.24) is 15.0 Å². The summed E-state index contributed by atoms with van der Waals surface area (Å²) in [6.45, 7) is 1.95. The van der Waals surface area contributed by atoms with E-state index in [0.717, 1.165) is 9.88 Å². The van der Waals surface area contributed by atoms with Crippen LogP contribution in [0.15, 0.2) is 17.2 Å². The Balaban J connectivity index is 2.57. The predicted octanol–water partition coefficient (Wildman–Crippen LogP) is 0.784. The molecule has 0 unspecified atom stereocenters. The first-order valence-corrected chi connectivity index (χ1v) is 4.76. The minimum Gasteiger partial charge on any atom is -0.383 e. The molecule has 2 rings (SSSR count). The largest absolute Gasteiger partial charge is 0.383 e. The van der Waals surface area contributed by atoms with Gasteiger partial charge in [-0.05, 0) is 6.92 Å². The van der Waals surface area contributed by atoms with Crippen LogP contribution in [-0.4, -0.2) is 15.0 Å². The second-order valence-corrected chi connectivity index (χ2v) is 4.02. The molecule has 0 aliphatic heterocycles. The van der Waals surface area contributed by atoms with Crippen molar-refractivity contribution in [3.63, 3.8) is 0 Å². The van der Waals surface area contributed by atoms with E-state index in [1.807, 2.05) is 6.92 Å². The Kier molecular flexibility index (Phi) is 2.05. The lowest BCUT2D eigenvalue weighted by Crippen LogP contribution is -2.12. The molecule has 0 bridgehead atoms. The van der Waals surface area contributed by atoms with E-state index in [-0.39, 0.29) is 5.82 Å². The van der Waals surface area contributed by atoms with Crippen LogP contribution in [0, 0.1) is 6.92 Å². The van der Waals surface area contributed by atoms with Crippen molar-refractivity contribution < 1.29 is 0 Å². The van der Waals surface area contributed by atoms with E-state index in [1.54, 1.807) is 6.20 Å². The number of nitrogen functional groups attached to an aromatic ring is 1. The molecular weight excluding hydrogens is 200 g/mol. The summed E-state index contributed by atoms with van der Waals surface area (Å²) in [5.74, 6) is 0.211. The minimum atomic E-state index is -0.445. The van der Waals surface area contributed by atoms with Crippen LogP contribution >= 0.6 is 11.3 Å². The quantitative estimate of drug-likeness (QED) is 0.725. The molecule has 14 heavy (non-hydrogen) atoms. The Morgan fingerprint density at radius 3 is 2.93 bits per heavy atom. The molecule has 0 radical (unpaired) electrons. The number of hydrogen-bond donors (Lipinski definition) is 2. The zero-order valence-corrected chi connectivity index (χ0v) is 8.26. The molecule has 0 atom stereocenters. The van der Waals surface area contributed by atoms with Crippen molar-refractivity contribution in [1.29, 1.82) is 0 Å². The van der Waals surface area contributed by atoms with Crippen LogP contribution in [-0.2, 0) is 0 Å². The highest BCUT2D eigenvalue weighted by atomic mass is 32.1. The number of anilines is 1. The zero-order chi connectivity index (χ0) is 10.1. The summed E-state index contributed by atoms with van der Waals surface area (Å²) in [5, 5.41) is 0.767. The summed E-state index contributed by atoms with van der Waals surface area (Å²) in [4.78, 5) is 22.1. The number of hydrogen-bond acceptors (Lipinski definition) is 5. The van der Waals surface area contributed by atoms with Gasteiger partial charge in [0, 0.05) is 17.3 Å². The van der Waals surface area contributed by atoms with E-state index in [0.29, 0.717) is 5.56 Å². The topological polar surface area (TPSA) is 84.7 Å². The summed E-state index contributed by atoms with van der Waals surface area (Å²) in [6, 6.07) is 0.